The molecule has 27 heavy (non-hydrogen) atoms. The van der Waals surface area contributed by atoms with Crippen LogP contribution in [0.4, 0.5) is 0 Å². The lowest BCUT2D eigenvalue weighted by molar-refractivity contribution is -0.132. The Morgan fingerprint density at radius 3 is 1.52 bits per heavy atom. The molecule has 3 aromatic rings. The van der Waals surface area contributed by atoms with Crippen molar-refractivity contribution in [3.8, 4) is 0 Å². The average molecular weight is 356 g/mol. The van der Waals surface area contributed by atoms with Gasteiger partial charge < -0.3 is 15.3 Å². The summed E-state index contributed by atoms with van der Waals surface area (Å²) in [5.74, 6) is -0.958. The molecule has 2 N–H and O–H groups in total. The largest absolute Gasteiger partial charge is 0.477 e. The van der Waals surface area contributed by atoms with Crippen molar-refractivity contribution in [1.82, 2.24) is 10.2 Å². The van der Waals surface area contributed by atoms with Crippen molar-refractivity contribution in [2.75, 3.05) is 6.67 Å². The Hall–Kier alpha value is -3.53. The summed E-state index contributed by atoms with van der Waals surface area (Å²) < 4.78 is 0. The fourth-order valence-corrected chi connectivity index (χ4v) is 3.80. The molecular weight excluding hydrogens is 336 g/mol. The van der Waals surface area contributed by atoms with Gasteiger partial charge in [-0.05, 0) is 16.7 Å². The summed E-state index contributed by atoms with van der Waals surface area (Å²) in [4.78, 5) is 13.6. The maximum absolute atomic E-state index is 11.5. The molecule has 0 fully saturated rings. The van der Waals surface area contributed by atoms with Crippen LogP contribution in [0.3, 0.4) is 0 Å². The zero-order chi connectivity index (χ0) is 18.7. The second-order valence-corrected chi connectivity index (χ2v) is 6.46. The van der Waals surface area contributed by atoms with E-state index in [1.165, 1.54) is 0 Å². The van der Waals surface area contributed by atoms with Crippen LogP contribution in [0.1, 0.15) is 16.7 Å². The molecule has 0 saturated heterocycles. The van der Waals surface area contributed by atoms with E-state index in [-0.39, 0.29) is 5.70 Å². The van der Waals surface area contributed by atoms with E-state index >= 15 is 0 Å². The molecule has 4 heteroatoms. The maximum Gasteiger partial charge on any atom is 0.353 e. The molecule has 3 aromatic carbocycles. The molecular formula is C23H20N2O2. The van der Waals surface area contributed by atoms with E-state index in [0.717, 1.165) is 16.7 Å². The first kappa shape index (κ1) is 16.9. The van der Waals surface area contributed by atoms with Crippen LogP contribution in [0.25, 0.3) is 0 Å². The number of benzene rings is 3. The quantitative estimate of drug-likeness (QED) is 0.684. The average Bonchev–Trinajstić information content (AvgIpc) is 3.22. The number of aliphatic carboxylic acids is 1. The van der Waals surface area contributed by atoms with Crippen LogP contribution < -0.4 is 5.32 Å². The summed E-state index contributed by atoms with van der Waals surface area (Å²) in [7, 11) is 0. The number of rotatable bonds is 5. The number of nitrogens with one attached hydrogen (secondary N) is 1. The lowest BCUT2D eigenvalue weighted by atomic mass is 9.76. The van der Waals surface area contributed by atoms with Crippen LogP contribution in [0.15, 0.2) is 103 Å². The van der Waals surface area contributed by atoms with E-state index in [4.69, 9.17) is 0 Å². The van der Waals surface area contributed by atoms with Crippen molar-refractivity contribution in [2.45, 2.75) is 5.54 Å². The molecule has 4 nitrogen and oxygen atoms in total. The zero-order valence-corrected chi connectivity index (χ0v) is 14.7. The third-order valence-corrected chi connectivity index (χ3v) is 4.96. The topological polar surface area (TPSA) is 52.6 Å². The van der Waals surface area contributed by atoms with Crippen LogP contribution in [0, 0.1) is 0 Å². The summed E-state index contributed by atoms with van der Waals surface area (Å²) in [5.41, 5.74) is 2.78. The number of carboxylic acid groups (broad SMARTS) is 1. The lowest BCUT2D eigenvalue weighted by Gasteiger charge is -2.43. The minimum atomic E-state index is -0.958. The Kier molecular flexibility index (Phi) is 4.38. The molecule has 0 amide bonds. The molecule has 4 rings (SSSR count). The molecule has 0 radical (unpaired) electrons. The molecule has 1 heterocycles. The van der Waals surface area contributed by atoms with E-state index in [9.17, 15) is 9.90 Å². The van der Waals surface area contributed by atoms with Gasteiger partial charge in [0, 0.05) is 6.20 Å². The number of carboxylic acids is 1. The van der Waals surface area contributed by atoms with Gasteiger partial charge in [-0.3, -0.25) is 0 Å². The van der Waals surface area contributed by atoms with Gasteiger partial charge in [0.1, 0.15) is 11.2 Å². The minimum Gasteiger partial charge on any atom is -0.477 e. The Balaban J connectivity index is 2.03. The van der Waals surface area contributed by atoms with Gasteiger partial charge >= 0.3 is 5.97 Å². The highest BCUT2D eigenvalue weighted by Gasteiger charge is 2.43. The van der Waals surface area contributed by atoms with E-state index in [2.05, 4.69) is 46.6 Å². The lowest BCUT2D eigenvalue weighted by Crippen LogP contribution is -2.45. The highest BCUT2D eigenvalue weighted by Crippen LogP contribution is 2.43. The summed E-state index contributed by atoms with van der Waals surface area (Å²) in [6, 6.07) is 30.6. The standard InChI is InChI=1S/C23H20N2O2/c26-22(27)21-16-25(17-24-21)23(18-10-4-1-5-11-18,19-12-6-2-7-13-19)20-14-8-3-9-15-20/h1-16,24H,17H2,(H,26,27). The van der Waals surface area contributed by atoms with Crippen molar-refractivity contribution in [2.24, 2.45) is 0 Å². The van der Waals surface area contributed by atoms with Gasteiger partial charge in [-0.25, -0.2) is 4.79 Å². The molecule has 0 aromatic heterocycles. The van der Waals surface area contributed by atoms with Gasteiger partial charge in [0.15, 0.2) is 0 Å². The summed E-state index contributed by atoms with van der Waals surface area (Å²) in [6.45, 7) is 0.403. The van der Waals surface area contributed by atoms with Gasteiger partial charge in [0.05, 0.1) is 6.67 Å². The first-order valence-corrected chi connectivity index (χ1v) is 8.85. The zero-order valence-electron chi connectivity index (χ0n) is 14.7. The van der Waals surface area contributed by atoms with Crippen LogP contribution in [0.5, 0.6) is 0 Å². The second-order valence-electron chi connectivity index (χ2n) is 6.46. The monoisotopic (exact) mass is 356 g/mol. The third kappa shape index (κ3) is 2.85. The first-order valence-electron chi connectivity index (χ1n) is 8.85. The summed E-state index contributed by atoms with van der Waals surface area (Å²) >= 11 is 0. The highest BCUT2D eigenvalue weighted by atomic mass is 16.4. The summed E-state index contributed by atoms with van der Waals surface area (Å²) in [6.07, 6.45) is 1.70. The molecule has 0 saturated carbocycles. The third-order valence-electron chi connectivity index (χ3n) is 4.96. The van der Waals surface area contributed by atoms with Crippen LogP contribution in [0.2, 0.25) is 0 Å². The van der Waals surface area contributed by atoms with E-state index < -0.39 is 11.5 Å². The normalized spacial score (nSPS) is 13.8. The Morgan fingerprint density at radius 1 is 0.778 bits per heavy atom. The molecule has 1 aliphatic heterocycles. The van der Waals surface area contributed by atoms with Crippen LogP contribution in [-0.2, 0) is 10.3 Å². The molecule has 0 aliphatic carbocycles. The van der Waals surface area contributed by atoms with Crippen LogP contribution >= 0.6 is 0 Å². The molecule has 134 valence electrons. The predicted octanol–water partition coefficient (Wildman–Crippen LogP) is 3.77. The number of hydrogen-bond donors (Lipinski definition) is 2. The van der Waals surface area contributed by atoms with Crippen molar-refractivity contribution in [3.05, 3.63) is 120 Å². The summed E-state index contributed by atoms with van der Waals surface area (Å²) in [5, 5.41) is 12.5. The fraction of sp³-hybridized carbons (Fsp3) is 0.0870. The Labute approximate surface area is 158 Å². The van der Waals surface area contributed by atoms with Gasteiger partial charge in [0.25, 0.3) is 0 Å². The van der Waals surface area contributed by atoms with Crippen molar-refractivity contribution < 1.29 is 9.90 Å². The molecule has 0 atom stereocenters. The first-order chi connectivity index (χ1) is 13.2. The highest BCUT2D eigenvalue weighted by molar-refractivity contribution is 5.86. The Morgan fingerprint density at radius 2 is 1.19 bits per heavy atom. The number of hydrogen-bond acceptors (Lipinski definition) is 3. The SMILES string of the molecule is O=C(O)C1=CN(C(c2ccccc2)(c2ccccc2)c2ccccc2)CN1. The fourth-order valence-electron chi connectivity index (χ4n) is 3.80. The van der Waals surface area contributed by atoms with Gasteiger partial charge in [-0.1, -0.05) is 91.0 Å². The van der Waals surface area contributed by atoms with Crippen molar-refractivity contribution >= 4 is 5.97 Å². The molecule has 0 spiro atoms. The number of carbonyl (C=O) groups is 1. The Bertz CT molecular complexity index is 857. The number of nitrogens with zero attached hydrogens (tertiary/aromatic N) is 1. The van der Waals surface area contributed by atoms with Crippen molar-refractivity contribution in [1.29, 1.82) is 0 Å². The maximum atomic E-state index is 11.5. The van der Waals surface area contributed by atoms with Crippen LogP contribution in [-0.4, -0.2) is 22.6 Å². The smallest absolute Gasteiger partial charge is 0.353 e. The molecule has 1 aliphatic rings. The van der Waals surface area contributed by atoms with E-state index in [1.807, 2.05) is 54.6 Å². The molecule has 0 bridgehead atoms. The second kappa shape index (κ2) is 7.00. The van der Waals surface area contributed by atoms with E-state index in [0.29, 0.717) is 6.67 Å². The van der Waals surface area contributed by atoms with Gasteiger partial charge in [0.2, 0.25) is 0 Å². The van der Waals surface area contributed by atoms with Gasteiger partial charge in [-0.2, -0.15) is 0 Å². The molecule has 0 unspecified atom stereocenters. The van der Waals surface area contributed by atoms with Gasteiger partial charge in [-0.15, -0.1) is 0 Å². The van der Waals surface area contributed by atoms with Crippen molar-refractivity contribution in [3.63, 3.8) is 0 Å². The van der Waals surface area contributed by atoms with E-state index in [1.54, 1.807) is 6.20 Å². The predicted molar refractivity (Wildman–Crippen MR) is 105 cm³/mol. The minimum absolute atomic E-state index is 0.196.